The van der Waals surface area contributed by atoms with Crippen molar-refractivity contribution in [3.63, 3.8) is 0 Å². The Bertz CT molecular complexity index is 347. The fraction of sp³-hybridized carbons (Fsp3) is 0.786. The Morgan fingerprint density at radius 3 is 2.48 bits per heavy atom. The van der Waals surface area contributed by atoms with Gasteiger partial charge in [0.1, 0.15) is 5.82 Å². The first-order valence-electron chi connectivity index (χ1n) is 7.22. The van der Waals surface area contributed by atoms with Crippen molar-refractivity contribution in [3.8, 4) is 0 Å². The predicted molar refractivity (Wildman–Crippen MR) is 79.3 cm³/mol. The lowest BCUT2D eigenvalue weighted by molar-refractivity contribution is 0.0229. The van der Waals surface area contributed by atoms with Crippen molar-refractivity contribution >= 4 is 0 Å². The molecule has 0 amide bonds. The third-order valence-corrected chi connectivity index (χ3v) is 2.85. The van der Waals surface area contributed by atoms with Crippen LogP contribution in [0.15, 0.2) is 12.4 Å². The summed E-state index contributed by atoms with van der Waals surface area (Å²) >= 11 is 0. The number of nitrogens with zero attached hydrogens (tertiary/aromatic N) is 2. The third kappa shape index (κ3) is 8.79. The molecule has 0 saturated heterocycles. The van der Waals surface area contributed by atoms with Gasteiger partial charge < -0.3 is 28.8 Å². The molecule has 122 valence electrons. The molecule has 21 heavy (non-hydrogen) atoms. The zero-order valence-electron chi connectivity index (χ0n) is 13.0. The van der Waals surface area contributed by atoms with Gasteiger partial charge in [-0.2, -0.15) is 0 Å². The first kappa shape index (κ1) is 18.1. The maximum atomic E-state index is 5.53. The SMILES string of the molecule is COCCNCc1nccn1CCOCCOCCOC. The van der Waals surface area contributed by atoms with Crippen LogP contribution in [0.5, 0.6) is 0 Å². The molecule has 0 saturated carbocycles. The number of rotatable bonds is 14. The maximum Gasteiger partial charge on any atom is 0.122 e. The number of hydrogen-bond donors (Lipinski definition) is 1. The largest absolute Gasteiger partial charge is 0.383 e. The summed E-state index contributed by atoms with van der Waals surface area (Å²) in [4.78, 5) is 4.33. The van der Waals surface area contributed by atoms with Gasteiger partial charge in [0.2, 0.25) is 0 Å². The topological polar surface area (TPSA) is 66.8 Å². The average Bonchev–Trinajstić information content (AvgIpc) is 2.94. The molecule has 1 rings (SSSR count). The molecule has 0 spiro atoms. The Balaban J connectivity index is 2.05. The summed E-state index contributed by atoms with van der Waals surface area (Å²) in [7, 11) is 3.35. The molecule has 0 atom stereocenters. The third-order valence-electron chi connectivity index (χ3n) is 2.85. The Morgan fingerprint density at radius 1 is 1.00 bits per heavy atom. The van der Waals surface area contributed by atoms with E-state index in [1.54, 1.807) is 20.4 Å². The van der Waals surface area contributed by atoms with Gasteiger partial charge in [-0.3, -0.25) is 0 Å². The lowest BCUT2D eigenvalue weighted by atomic mass is 10.5. The van der Waals surface area contributed by atoms with Crippen molar-refractivity contribution in [2.24, 2.45) is 0 Å². The van der Waals surface area contributed by atoms with Crippen LogP contribution in [0.2, 0.25) is 0 Å². The number of nitrogens with one attached hydrogen (secondary N) is 1. The van der Waals surface area contributed by atoms with Gasteiger partial charge in [0.15, 0.2) is 0 Å². The summed E-state index contributed by atoms with van der Waals surface area (Å²) in [6, 6.07) is 0. The zero-order valence-corrected chi connectivity index (χ0v) is 13.0. The first-order chi connectivity index (χ1) is 10.4. The van der Waals surface area contributed by atoms with E-state index in [0.29, 0.717) is 39.6 Å². The van der Waals surface area contributed by atoms with E-state index in [1.165, 1.54) is 0 Å². The van der Waals surface area contributed by atoms with E-state index in [-0.39, 0.29) is 0 Å². The van der Waals surface area contributed by atoms with E-state index >= 15 is 0 Å². The molecule has 7 nitrogen and oxygen atoms in total. The quantitative estimate of drug-likeness (QED) is 0.499. The van der Waals surface area contributed by atoms with Gasteiger partial charge in [-0.25, -0.2) is 4.98 Å². The van der Waals surface area contributed by atoms with Crippen LogP contribution in [0, 0.1) is 0 Å². The molecule has 0 aromatic carbocycles. The number of methoxy groups -OCH3 is 2. The van der Waals surface area contributed by atoms with Gasteiger partial charge in [0.25, 0.3) is 0 Å². The van der Waals surface area contributed by atoms with Crippen molar-refractivity contribution in [2.45, 2.75) is 13.1 Å². The van der Waals surface area contributed by atoms with Gasteiger partial charge in [0, 0.05) is 39.7 Å². The number of hydrogen-bond acceptors (Lipinski definition) is 6. The highest BCUT2D eigenvalue weighted by atomic mass is 16.5. The Morgan fingerprint density at radius 2 is 1.71 bits per heavy atom. The van der Waals surface area contributed by atoms with E-state index in [0.717, 1.165) is 25.5 Å². The van der Waals surface area contributed by atoms with E-state index in [1.807, 2.05) is 6.20 Å². The van der Waals surface area contributed by atoms with E-state index in [2.05, 4.69) is 14.9 Å². The van der Waals surface area contributed by atoms with Gasteiger partial charge >= 0.3 is 0 Å². The normalized spacial score (nSPS) is 11.1. The fourth-order valence-corrected chi connectivity index (χ4v) is 1.71. The molecule has 0 aliphatic carbocycles. The van der Waals surface area contributed by atoms with Crippen LogP contribution in [0.25, 0.3) is 0 Å². The van der Waals surface area contributed by atoms with Crippen molar-refractivity contribution in [3.05, 3.63) is 18.2 Å². The van der Waals surface area contributed by atoms with E-state index < -0.39 is 0 Å². The highest BCUT2D eigenvalue weighted by Gasteiger charge is 2.02. The zero-order chi connectivity index (χ0) is 15.2. The second-order valence-corrected chi connectivity index (χ2v) is 4.42. The van der Waals surface area contributed by atoms with Gasteiger partial charge in [-0.15, -0.1) is 0 Å². The molecular formula is C14H27N3O4. The number of aromatic nitrogens is 2. The molecule has 0 bridgehead atoms. The lowest BCUT2D eigenvalue weighted by Crippen LogP contribution is -2.21. The highest BCUT2D eigenvalue weighted by Crippen LogP contribution is 1.97. The minimum Gasteiger partial charge on any atom is -0.383 e. The molecule has 1 aromatic rings. The van der Waals surface area contributed by atoms with Crippen molar-refractivity contribution in [1.29, 1.82) is 0 Å². The molecule has 0 aliphatic heterocycles. The molecule has 1 heterocycles. The minimum atomic E-state index is 0.596. The van der Waals surface area contributed by atoms with Crippen molar-refractivity contribution < 1.29 is 18.9 Å². The standard InChI is InChI=1S/C14H27N3O4/c1-18-7-4-15-13-14-16-3-5-17(14)6-8-20-11-12-21-10-9-19-2/h3,5,15H,4,6-13H2,1-2H3. The predicted octanol–water partition coefficient (Wildman–Crippen LogP) is 0.299. The molecule has 1 N–H and O–H groups in total. The molecule has 0 fully saturated rings. The van der Waals surface area contributed by atoms with Gasteiger partial charge in [-0.05, 0) is 0 Å². The number of imidazole rings is 1. The molecule has 7 heteroatoms. The summed E-state index contributed by atoms with van der Waals surface area (Å²) in [5.74, 6) is 1.01. The number of ether oxygens (including phenoxy) is 4. The Labute approximate surface area is 126 Å². The highest BCUT2D eigenvalue weighted by molar-refractivity contribution is 4.91. The summed E-state index contributed by atoms with van der Waals surface area (Å²) in [6.45, 7) is 6.11. The summed E-state index contributed by atoms with van der Waals surface area (Å²) in [5.41, 5.74) is 0. The summed E-state index contributed by atoms with van der Waals surface area (Å²) in [6.07, 6.45) is 3.77. The molecule has 0 aliphatic rings. The van der Waals surface area contributed by atoms with E-state index in [4.69, 9.17) is 18.9 Å². The summed E-state index contributed by atoms with van der Waals surface area (Å²) in [5, 5.41) is 3.28. The van der Waals surface area contributed by atoms with Crippen LogP contribution >= 0.6 is 0 Å². The van der Waals surface area contributed by atoms with Crippen LogP contribution in [-0.2, 0) is 32.0 Å². The van der Waals surface area contributed by atoms with Crippen LogP contribution in [0.1, 0.15) is 5.82 Å². The Hall–Kier alpha value is -0.990. The fourth-order valence-electron chi connectivity index (χ4n) is 1.71. The van der Waals surface area contributed by atoms with Crippen LogP contribution in [0.4, 0.5) is 0 Å². The Kier molecular flexibility index (Phi) is 10.9. The minimum absolute atomic E-state index is 0.596. The molecule has 0 radical (unpaired) electrons. The maximum absolute atomic E-state index is 5.53. The monoisotopic (exact) mass is 301 g/mol. The van der Waals surface area contributed by atoms with Crippen LogP contribution in [0.3, 0.4) is 0 Å². The molecule has 1 aromatic heterocycles. The van der Waals surface area contributed by atoms with Crippen molar-refractivity contribution in [1.82, 2.24) is 14.9 Å². The van der Waals surface area contributed by atoms with Gasteiger partial charge in [0.05, 0.1) is 46.2 Å². The van der Waals surface area contributed by atoms with E-state index in [9.17, 15) is 0 Å². The molecular weight excluding hydrogens is 274 g/mol. The van der Waals surface area contributed by atoms with Crippen molar-refractivity contribution in [2.75, 3.05) is 60.4 Å². The second kappa shape index (κ2) is 12.7. The summed E-state index contributed by atoms with van der Waals surface area (Å²) < 4.78 is 22.8. The lowest BCUT2D eigenvalue weighted by Gasteiger charge is -2.09. The molecule has 0 unspecified atom stereocenters. The van der Waals surface area contributed by atoms with Crippen LogP contribution < -0.4 is 5.32 Å². The first-order valence-corrected chi connectivity index (χ1v) is 7.22. The van der Waals surface area contributed by atoms with Gasteiger partial charge in [-0.1, -0.05) is 0 Å². The van der Waals surface area contributed by atoms with Crippen LogP contribution in [-0.4, -0.2) is 70.0 Å². The average molecular weight is 301 g/mol. The smallest absolute Gasteiger partial charge is 0.122 e. The second-order valence-electron chi connectivity index (χ2n) is 4.42.